The summed E-state index contributed by atoms with van der Waals surface area (Å²) < 4.78 is 19.4. The number of hydrogen-bond acceptors (Lipinski definition) is 7. The minimum Gasteiger partial charge on any atom is -0.492 e. The minimum absolute atomic E-state index is 0.230. The molecule has 1 unspecified atom stereocenters. The molecule has 1 aliphatic heterocycles. The number of carbonyl (C=O) groups excluding carboxylic acids is 1. The van der Waals surface area contributed by atoms with Crippen LogP contribution in [0.3, 0.4) is 0 Å². The van der Waals surface area contributed by atoms with Crippen molar-refractivity contribution in [2.75, 3.05) is 20.3 Å². The molecule has 0 amide bonds. The Bertz CT molecular complexity index is 1570. The number of methoxy groups -OCH3 is 1. The molecule has 1 aromatic heterocycles. The highest BCUT2D eigenvalue weighted by Crippen LogP contribution is 2.37. The maximum absolute atomic E-state index is 13.9. The average Bonchev–Trinajstić information content (AvgIpc) is 3.17. The van der Waals surface area contributed by atoms with Crippen molar-refractivity contribution in [1.82, 2.24) is 4.57 Å². The minimum atomic E-state index is -0.643. The van der Waals surface area contributed by atoms with Gasteiger partial charge in [0, 0.05) is 0 Å². The second-order valence-corrected chi connectivity index (χ2v) is 11.0. The number of halogens is 1. The van der Waals surface area contributed by atoms with Crippen molar-refractivity contribution in [3.05, 3.63) is 88.5 Å². The van der Waals surface area contributed by atoms with Gasteiger partial charge in [0.25, 0.3) is 5.56 Å². The number of rotatable bonds is 8. The molecule has 1 aliphatic rings. The van der Waals surface area contributed by atoms with Crippen LogP contribution in [0.2, 0.25) is 0 Å². The van der Waals surface area contributed by atoms with E-state index in [2.05, 4.69) is 34.8 Å². The van der Waals surface area contributed by atoms with Crippen LogP contribution in [0.1, 0.15) is 63.3 Å². The Balaban J connectivity index is 1.92. The van der Waals surface area contributed by atoms with Gasteiger partial charge in [-0.3, -0.25) is 9.36 Å². The van der Waals surface area contributed by atoms with E-state index in [0.717, 1.165) is 11.1 Å². The molecule has 0 fully saturated rings. The van der Waals surface area contributed by atoms with Crippen molar-refractivity contribution >= 4 is 39.3 Å². The molecule has 38 heavy (non-hydrogen) atoms. The number of thiazole rings is 1. The Morgan fingerprint density at radius 2 is 1.89 bits per heavy atom. The van der Waals surface area contributed by atoms with E-state index in [0.29, 0.717) is 49.1 Å². The van der Waals surface area contributed by atoms with Gasteiger partial charge in [-0.1, -0.05) is 49.4 Å². The largest absolute Gasteiger partial charge is 0.492 e. The summed E-state index contributed by atoms with van der Waals surface area (Å²) in [5.41, 5.74) is 3.45. The van der Waals surface area contributed by atoms with E-state index < -0.39 is 12.0 Å². The molecular formula is C29H31BrN2O5S. The van der Waals surface area contributed by atoms with Crippen molar-refractivity contribution in [3.8, 4) is 11.5 Å². The van der Waals surface area contributed by atoms with Gasteiger partial charge >= 0.3 is 5.97 Å². The number of carbonyl (C=O) groups is 1. The van der Waals surface area contributed by atoms with E-state index in [1.165, 1.54) is 16.9 Å². The van der Waals surface area contributed by atoms with E-state index in [1.54, 1.807) is 31.6 Å². The third-order valence-corrected chi connectivity index (χ3v) is 7.84. The molecule has 0 radical (unpaired) electrons. The fourth-order valence-corrected chi connectivity index (χ4v) is 6.12. The van der Waals surface area contributed by atoms with E-state index >= 15 is 0 Å². The molecule has 2 heterocycles. The first kappa shape index (κ1) is 27.9. The van der Waals surface area contributed by atoms with Crippen LogP contribution in [-0.2, 0) is 9.53 Å². The summed E-state index contributed by atoms with van der Waals surface area (Å²) in [7, 11) is 1.58. The van der Waals surface area contributed by atoms with Crippen LogP contribution in [0.4, 0.5) is 0 Å². The number of aromatic nitrogens is 1. The predicted molar refractivity (Wildman–Crippen MR) is 153 cm³/mol. The molecule has 7 nitrogen and oxygen atoms in total. The molecular weight excluding hydrogens is 568 g/mol. The lowest BCUT2D eigenvalue weighted by Crippen LogP contribution is -2.39. The number of ether oxygens (including phenoxy) is 3. The molecule has 0 bridgehead atoms. The highest BCUT2D eigenvalue weighted by Gasteiger charge is 2.33. The standard InChI is InChI=1S/C29H31BrN2O5S/c1-7-36-22-14-18(13-21(30)26(22)35-6)15-23-27(33)32-25(20-11-9-19(10-12-20)16(3)4)24(28(34)37-8-2)17(5)31-29(32)38-23/h9-16,25H,7-8H2,1-6H3/b23-15-. The maximum atomic E-state index is 13.9. The molecule has 4 rings (SSSR count). The van der Waals surface area contributed by atoms with Gasteiger partial charge < -0.3 is 14.2 Å². The zero-order valence-electron chi connectivity index (χ0n) is 22.3. The van der Waals surface area contributed by atoms with Crippen LogP contribution in [0, 0.1) is 0 Å². The number of fused-ring (bicyclic) bond motifs is 1. The average molecular weight is 600 g/mol. The fraction of sp³-hybridized carbons (Fsp3) is 0.345. The third kappa shape index (κ3) is 5.35. The second kappa shape index (κ2) is 11.7. The fourth-order valence-electron chi connectivity index (χ4n) is 4.45. The lowest BCUT2D eigenvalue weighted by Gasteiger charge is -2.25. The Morgan fingerprint density at radius 1 is 1.18 bits per heavy atom. The number of nitrogens with zero attached hydrogens (tertiary/aromatic N) is 2. The van der Waals surface area contributed by atoms with Gasteiger partial charge in [-0.15, -0.1) is 0 Å². The van der Waals surface area contributed by atoms with Gasteiger partial charge in [0.2, 0.25) is 0 Å². The van der Waals surface area contributed by atoms with Crippen LogP contribution in [0.15, 0.2) is 61.9 Å². The van der Waals surface area contributed by atoms with Crippen molar-refractivity contribution < 1.29 is 19.0 Å². The van der Waals surface area contributed by atoms with Crippen molar-refractivity contribution in [2.45, 2.75) is 46.6 Å². The van der Waals surface area contributed by atoms with Gasteiger partial charge in [-0.25, -0.2) is 9.79 Å². The number of hydrogen-bond donors (Lipinski definition) is 0. The molecule has 200 valence electrons. The van der Waals surface area contributed by atoms with Crippen LogP contribution >= 0.6 is 27.3 Å². The van der Waals surface area contributed by atoms with Crippen LogP contribution in [0.25, 0.3) is 6.08 Å². The molecule has 0 spiro atoms. The molecule has 9 heteroatoms. The number of allylic oxidation sites excluding steroid dienone is 1. The van der Waals surface area contributed by atoms with Crippen molar-refractivity contribution in [1.29, 1.82) is 0 Å². The van der Waals surface area contributed by atoms with E-state index in [-0.39, 0.29) is 12.2 Å². The molecule has 3 aromatic rings. The Labute approximate surface area is 234 Å². The van der Waals surface area contributed by atoms with Crippen molar-refractivity contribution in [2.24, 2.45) is 4.99 Å². The quantitative estimate of drug-likeness (QED) is 0.337. The first-order valence-electron chi connectivity index (χ1n) is 12.5. The molecule has 0 saturated carbocycles. The first-order chi connectivity index (χ1) is 18.2. The summed E-state index contributed by atoms with van der Waals surface area (Å²) in [4.78, 5) is 32.1. The Hall–Kier alpha value is -3.17. The zero-order chi connectivity index (χ0) is 27.6. The Morgan fingerprint density at radius 3 is 2.50 bits per heavy atom. The van der Waals surface area contributed by atoms with E-state index in [4.69, 9.17) is 14.2 Å². The van der Waals surface area contributed by atoms with E-state index in [1.807, 2.05) is 43.3 Å². The maximum Gasteiger partial charge on any atom is 0.338 e. The number of esters is 1. The molecule has 0 aliphatic carbocycles. The SMILES string of the molecule is CCOC(=O)C1=C(C)N=c2s/c(=C\c3cc(Br)c(OC)c(OCC)c3)c(=O)n2C1c1ccc(C(C)C)cc1. The molecule has 2 aromatic carbocycles. The van der Waals surface area contributed by atoms with Crippen LogP contribution in [-0.4, -0.2) is 30.9 Å². The summed E-state index contributed by atoms with van der Waals surface area (Å²) in [6.07, 6.45) is 1.80. The van der Waals surface area contributed by atoms with Gasteiger partial charge in [0.1, 0.15) is 0 Å². The first-order valence-corrected chi connectivity index (χ1v) is 14.1. The number of benzene rings is 2. The topological polar surface area (TPSA) is 79.1 Å². The van der Waals surface area contributed by atoms with E-state index in [9.17, 15) is 9.59 Å². The third-order valence-electron chi connectivity index (χ3n) is 6.27. The summed E-state index contributed by atoms with van der Waals surface area (Å²) >= 11 is 4.82. The summed E-state index contributed by atoms with van der Waals surface area (Å²) in [6, 6.07) is 11.1. The Kier molecular flexibility index (Phi) is 8.57. The zero-order valence-corrected chi connectivity index (χ0v) is 24.7. The normalized spacial score (nSPS) is 15.4. The van der Waals surface area contributed by atoms with Gasteiger partial charge in [-0.2, -0.15) is 0 Å². The molecule has 0 N–H and O–H groups in total. The van der Waals surface area contributed by atoms with Crippen LogP contribution in [0.5, 0.6) is 11.5 Å². The van der Waals surface area contributed by atoms with Gasteiger partial charge in [0.15, 0.2) is 16.3 Å². The highest BCUT2D eigenvalue weighted by molar-refractivity contribution is 9.10. The second-order valence-electron chi connectivity index (χ2n) is 9.09. The van der Waals surface area contributed by atoms with Crippen molar-refractivity contribution in [3.63, 3.8) is 0 Å². The lowest BCUT2D eigenvalue weighted by molar-refractivity contribution is -0.139. The van der Waals surface area contributed by atoms with Gasteiger partial charge in [-0.05, 0) is 77.5 Å². The monoisotopic (exact) mass is 598 g/mol. The smallest absolute Gasteiger partial charge is 0.338 e. The molecule has 1 atom stereocenters. The summed E-state index contributed by atoms with van der Waals surface area (Å²) in [5, 5.41) is 0. The van der Waals surface area contributed by atoms with Crippen LogP contribution < -0.4 is 24.4 Å². The molecule has 0 saturated heterocycles. The lowest BCUT2D eigenvalue weighted by atomic mass is 9.93. The van der Waals surface area contributed by atoms with Gasteiger partial charge in [0.05, 0.1) is 46.6 Å². The highest BCUT2D eigenvalue weighted by atomic mass is 79.9. The summed E-state index contributed by atoms with van der Waals surface area (Å²) in [6.45, 7) is 10.4. The summed E-state index contributed by atoms with van der Waals surface area (Å²) in [5.74, 6) is 1.05. The predicted octanol–water partition coefficient (Wildman–Crippen LogP) is 5.09.